The van der Waals surface area contributed by atoms with E-state index in [9.17, 15) is 31.2 Å². The van der Waals surface area contributed by atoms with Crippen LogP contribution < -0.4 is 14.9 Å². The Kier molecular flexibility index (Phi) is 8.67. The van der Waals surface area contributed by atoms with Crippen molar-refractivity contribution in [3.63, 3.8) is 0 Å². The number of benzene rings is 1. The molecule has 10 nitrogen and oxygen atoms in total. The van der Waals surface area contributed by atoms with E-state index < -0.39 is 40.7 Å². The second kappa shape index (κ2) is 12.0. The number of nitrogens with one attached hydrogen (secondary N) is 2. The van der Waals surface area contributed by atoms with Crippen LogP contribution in [0.15, 0.2) is 45.8 Å². The maximum absolute atomic E-state index is 13.7. The van der Waals surface area contributed by atoms with E-state index in [1.54, 1.807) is 25.1 Å². The zero-order valence-corrected chi connectivity index (χ0v) is 24.7. The third kappa shape index (κ3) is 6.49. The topological polar surface area (TPSA) is 125 Å². The molecule has 4 heterocycles. The highest BCUT2D eigenvalue weighted by Gasteiger charge is 2.44. The number of carbonyl (C=O) groups excluding carboxylic acids is 2. The van der Waals surface area contributed by atoms with Crippen molar-refractivity contribution in [2.75, 3.05) is 31.1 Å². The molecule has 16 heteroatoms. The fourth-order valence-corrected chi connectivity index (χ4v) is 7.53. The minimum absolute atomic E-state index is 0.0486. The molecular formula is C26H27ClF3N5O5S2. The van der Waals surface area contributed by atoms with Gasteiger partial charge in [-0.2, -0.15) is 17.9 Å². The summed E-state index contributed by atoms with van der Waals surface area (Å²) in [5.41, 5.74) is 0.962. The van der Waals surface area contributed by atoms with Crippen molar-refractivity contribution in [2.24, 2.45) is 0 Å². The fourth-order valence-electron chi connectivity index (χ4n) is 5.09. The molecule has 2 aliphatic heterocycles. The van der Waals surface area contributed by atoms with Crippen molar-refractivity contribution in [3.8, 4) is 10.6 Å². The molecule has 42 heavy (non-hydrogen) atoms. The van der Waals surface area contributed by atoms with Gasteiger partial charge < -0.3 is 19.6 Å². The van der Waals surface area contributed by atoms with Gasteiger partial charge in [-0.15, -0.1) is 11.3 Å². The molecule has 0 saturated carbocycles. The number of piperazine rings is 1. The smallest absolute Gasteiger partial charge is 0.355 e. The zero-order chi connectivity index (χ0) is 30.2. The molecule has 2 unspecified atom stereocenters. The average Bonchev–Trinajstić information content (AvgIpc) is 3.69. The van der Waals surface area contributed by atoms with Crippen LogP contribution in [0.25, 0.3) is 10.6 Å². The Hall–Kier alpha value is -2.98. The van der Waals surface area contributed by atoms with E-state index in [-0.39, 0.29) is 36.0 Å². The summed E-state index contributed by atoms with van der Waals surface area (Å²) in [6.07, 6.45) is -3.89. The molecule has 0 radical (unpaired) electrons. The number of alkyl halides is 3. The van der Waals surface area contributed by atoms with Crippen LogP contribution in [0.5, 0.6) is 0 Å². The van der Waals surface area contributed by atoms with Crippen LogP contribution in [0.3, 0.4) is 0 Å². The fraction of sp³-hybridized carbons (Fsp3) is 0.423. The van der Waals surface area contributed by atoms with Crippen LogP contribution in [-0.2, 0) is 26.0 Å². The highest BCUT2D eigenvalue weighted by molar-refractivity contribution is 7.89. The first kappa shape index (κ1) is 30.5. The molecule has 2 fully saturated rings. The molecule has 2 atom stereocenters. The SMILES string of the molecule is Cc1c(N2CCCC2=O)cccc1S(=O)(=O)NC(Cc1cc(-c2ccc(Cl)s2)on1)C(=O)N1CCNC(C(F)(F)F)C1. The molecule has 1 aromatic carbocycles. The number of thiophene rings is 1. The van der Waals surface area contributed by atoms with Crippen molar-refractivity contribution in [3.05, 3.63) is 52.0 Å². The average molecular weight is 646 g/mol. The van der Waals surface area contributed by atoms with Crippen molar-refractivity contribution >= 4 is 50.5 Å². The van der Waals surface area contributed by atoms with Crippen molar-refractivity contribution in [1.82, 2.24) is 20.1 Å². The number of hydrogen-bond acceptors (Lipinski definition) is 8. The van der Waals surface area contributed by atoms with Crippen molar-refractivity contribution < 1.29 is 35.7 Å². The molecule has 2 saturated heterocycles. The van der Waals surface area contributed by atoms with Gasteiger partial charge >= 0.3 is 6.18 Å². The second-order valence-electron chi connectivity index (χ2n) is 10.0. The first-order chi connectivity index (χ1) is 19.8. The molecule has 226 valence electrons. The number of sulfonamides is 1. The third-order valence-electron chi connectivity index (χ3n) is 7.18. The summed E-state index contributed by atoms with van der Waals surface area (Å²) in [4.78, 5) is 29.0. The lowest BCUT2D eigenvalue weighted by atomic mass is 10.1. The molecule has 0 bridgehead atoms. The quantitative estimate of drug-likeness (QED) is 0.382. The van der Waals surface area contributed by atoms with Crippen LogP contribution in [0, 0.1) is 6.92 Å². The second-order valence-corrected chi connectivity index (χ2v) is 13.4. The molecule has 0 aliphatic carbocycles. The lowest BCUT2D eigenvalue weighted by Crippen LogP contribution is -2.61. The minimum atomic E-state index is -4.60. The highest BCUT2D eigenvalue weighted by Crippen LogP contribution is 2.32. The van der Waals surface area contributed by atoms with E-state index in [4.69, 9.17) is 16.1 Å². The van der Waals surface area contributed by atoms with E-state index >= 15 is 0 Å². The number of amides is 2. The van der Waals surface area contributed by atoms with Gasteiger partial charge in [-0.05, 0) is 43.2 Å². The molecule has 2 aromatic heterocycles. The maximum atomic E-state index is 13.7. The van der Waals surface area contributed by atoms with Gasteiger partial charge in [0, 0.05) is 50.8 Å². The van der Waals surface area contributed by atoms with E-state index in [0.29, 0.717) is 45.6 Å². The van der Waals surface area contributed by atoms with Gasteiger partial charge in [0.25, 0.3) is 0 Å². The lowest BCUT2D eigenvalue weighted by molar-refractivity contribution is -0.168. The van der Waals surface area contributed by atoms with E-state index in [1.807, 2.05) is 0 Å². The predicted octanol–water partition coefficient (Wildman–Crippen LogP) is 3.74. The van der Waals surface area contributed by atoms with Gasteiger partial charge in [0.05, 0.1) is 19.8 Å². The number of aromatic nitrogens is 1. The summed E-state index contributed by atoms with van der Waals surface area (Å²) in [6.45, 7) is 1.17. The Labute approximate surface area is 248 Å². The molecule has 0 spiro atoms. The number of nitrogens with zero attached hydrogens (tertiary/aromatic N) is 3. The Morgan fingerprint density at radius 1 is 1.29 bits per heavy atom. The van der Waals surface area contributed by atoms with E-state index in [1.165, 1.54) is 34.4 Å². The van der Waals surface area contributed by atoms with Crippen molar-refractivity contribution in [2.45, 2.75) is 49.3 Å². The minimum Gasteiger partial charge on any atom is -0.355 e. The molecular weight excluding hydrogens is 619 g/mol. The van der Waals surface area contributed by atoms with Gasteiger partial charge in [-0.3, -0.25) is 9.59 Å². The maximum Gasteiger partial charge on any atom is 0.405 e. The first-order valence-electron chi connectivity index (χ1n) is 13.1. The first-order valence-corrected chi connectivity index (χ1v) is 15.7. The number of anilines is 1. The van der Waals surface area contributed by atoms with Crippen LogP contribution in [0.2, 0.25) is 4.34 Å². The van der Waals surface area contributed by atoms with Crippen LogP contribution >= 0.6 is 22.9 Å². The predicted molar refractivity (Wildman–Crippen MR) is 150 cm³/mol. The van der Waals surface area contributed by atoms with Gasteiger partial charge in [-0.1, -0.05) is 22.8 Å². The van der Waals surface area contributed by atoms with Crippen LogP contribution in [-0.4, -0.2) is 74.7 Å². The molecule has 2 aliphatic rings. The summed E-state index contributed by atoms with van der Waals surface area (Å²) in [6, 6.07) is 5.95. The standard InChI is InChI=1S/C26H27ClF3N5O5S2/c1-15-18(35-10-3-6-24(35)36)4-2-5-21(15)42(38,39)33-17(25(37)34-11-9-31-22(14-34)26(28,29)30)12-16-13-19(40-32-16)20-7-8-23(27)41-20/h2,4-5,7-8,13,17,22,31,33H,3,6,9-12,14H2,1H3. The van der Waals surface area contributed by atoms with Crippen LogP contribution in [0.1, 0.15) is 24.1 Å². The van der Waals surface area contributed by atoms with Gasteiger partial charge in [0.15, 0.2) is 5.76 Å². The molecule has 2 amide bonds. The molecule has 2 N–H and O–H groups in total. The zero-order valence-electron chi connectivity index (χ0n) is 22.3. The Morgan fingerprint density at radius 2 is 2.07 bits per heavy atom. The van der Waals surface area contributed by atoms with E-state index in [2.05, 4.69) is 15.2 Å². The van der Waals surface area contributed by atoms with Gasteiger partial charge in [-0.25, -0.2) is 8.42 Å². The van der Waals surface area contributed by atoms with Crippen molar-refractivity contribution in [1.29, 1.82) is 0 Å². The summed E-state index contributed by atoms with van der Waals surface area (Å²) in [7, 11) is -4.39. The highest BCUT2D eigenvalue weighted by atomic mass is 35.5. The number of rotatable bonds is 8. The summed E-state index contributed by atoms with van der Waals surface area (Å²) < 4.78 is 76.1. The number of hydrogen-bond donors (Lipinski definition) is 2. The number of halogens is 4. The number of carbonyl (C=O) groups is 2. The summed E-state index contributed by atoms with van der Waals surface area (Å²) >= 11 is 7.23. The molecule has 3 aromatic rings. The van der Waals surface area contributed by atoms with Gasteiger partial charge in [0.1, 0.15) is 12.1 Å². The van der Waals surface area contributed by atoms with Gasteiger partial charge in [0.2, 0.25) is 21.8 Å². The monoisotopic (exact) mass is 645 g/mol. The normalized spacial score (nSPS) is 19.0. The Bertz CT molecular complexity index is 1590. The van der Waals surface area contributed by atoms with E-state index in [0.717, 1.165) is 4.90 Å². The summed E-state index contributed by atoms with van der Waals surface area (Å²) in [5.74, 6) is -0.615. The Balaban J connectivity index is 1.45. The Morgan fingerprint density at radius 3 is 2.74 bits per heavy atom. The lowest BCUT2D eigenvalue weighted by Gasteiger charge is -2.36. The van der Waals surface area contributed by atoms with Crippen LogP contribution in [0.4, 0.5) is 18.9 Å². The summed E-state index contributed by atoms with van der Waals surface area (Å²) in [5, 5.41) is 6.31. The largest absolute Gasteiger partial charge is 0.405 e. The molecule has 5 rings (SSSR count). The third-order valence-corrected chi connectivity index (χ3v) is 10.0.